The molecule has 0 aliphatic rings. The van der Waals surface area contributed by atoms with Gasteiger partial charge in [-0.15, -0.1) is 0 Å². The lowest BCUT2D eigenvalue weighted by Gasteiger charge is -2.04. The van der Waals surface area contributed by atoms with E-state index in [2.05, 4.69) is 15.9 Å². The fraction of sp³-hybridized carbons (Fsp3) is 0.0588. The molecule has 0 fully saturated rings. The van der Waals surface area contributed by atoms with Crippen molar-refractivity contribution in [2.45, 2.75) is 6.92 Å². The minimum atomic E-state index is -0.249. The molecule has 2 rings (SSSR count). The molecule has 2 aromatic rings. The van der Waals surface area contributed by atoms with Gasteiger partial charge in [-0.25, -0.2) is 0 Å². The van der Waals surface area contributed by atoms with Crippen LogP contribution in [0, 0.1) is 0 Å². The highest BCUT2D eigenvalue weighted by atomic mass is 79.9. The summed E-state index contributed by atoms with van der Waals surface area (Å²) in [7, 11) is 0. The molecule has 0 aliphatic carbocycles. The summed E-state index contributed by atoms with van der Waals surface area (Å²) < 4.78 is 0.952. The molecule has 0 aromatic heterocycles. The third-order valence-electron chi connectivity index (χ3n) is 2.84. The predicted octanol–water partition coefficient (Wildman–Crippen LogP) is 4.30. The van der Waals surface area contributed by atoms with Crippen LogP contribution in [0.3, 0.4) is 0 Å². The second-order valence-electron chi connectivity index (χ2n) is 4.36. The highest BCUT2D eigenvalue weighted by Gasteiger charge is 2.16. The topological polar surface area (TPSA) is 34.1 Å². The van der Waals surface area contributed by atoms with Gasteiger partial charge in [-0.3, -0.25) is 9.59 Å². The van der Waals surface area contributed by atoms with E-state index >= 15 is 0 Å². The number of halogens is 1. The van der Waals surface area contributed by atoms with Gasteiger partial charge >= 0.3 is 0 Å². The van der Waals surface area contributed by atoms with E-state index in [4.69, 9.17) is 0 Å². The van der Waals surface area contributed by atoms with E-state index in [1.54, 1.807) is 30.3 Å². The van der Waals surface area contributed by atoms with Gasteiger partial charge in [0.05, 0.1) is 5.57 Å². The van der Waals surface area contributed by atoms with Crippen molar-refractivity contribution in [3.8, 4) is 0 Å². The number of rotatable bonds is 4. The molecule has 0 amide bonds. The van der Waals surface area contributed by atoms with Crippen molar-refractivity contribution < 1.29 is 9.59 Å². The van der Waals surface area contributed by atoms with Crippen LogP contribution in [0.5, 0.6) is 0 Å². The van der Waals surface area contributed by atoms with E-state index < -0.39 is 0 Å². The molecule has 0 radical (unpaired) electrons. The van der Waals surface area contributed by atoms with Crippen LogP contribution in [-0.2, 0) is 4.79 Å². The van der Waals surface area contributed by atoms with Gasteiger partial charge in [0, 0.05) is 10.0 Å². The van der Waals surface area contributed by atoms with Crippen LogP contribution in [0.1, 0.15) is 22.8 Å². The molecular weight excluding hydrogens is 316 g/mol. The van der Waals surface area contributed by atoms with Crippen molar-refractivity contribution in [3.05, 3.63) is 75.8 Å². The lowest BCUT2D eigenvalue weighted by atomic mass is 9.98. The van der Waals surface area contributed by atoms with Crippen molar-refractivity contribution in [2.75, 3.05) is 0 Å². The van der Waals surface area contributed by atoms with Gasteiger partial charge in [0.25, 0.3) is 0 Å². The molecule has 2 aromatic carbocycles. The molecule has 0 heterocycles. The molecular formula is C17H13BrO2. The minimum Gasteiger partial charge on any atom is -0.294 e. The van der Waals surface area contributed by atoms with E-state index in [0.29, 0.717) is 5.56 Å². The van der Waals surface area contributed by atoms with Crippen LogP contribution in [0.25, 0.3) is 6.08 Å². The maximum Gasteiger partial charge on any atom is 0.196 e. The zero-order valence-electron chi connectivity index (χ0n) is 11.0. The predicted molar refractivity (Wildman–Crippen MR) is 83.6 cm³/mol. The standard InChI is InChI=1S/C17H13BrO2/c1-12(19)16(11-13-7-9-15(18)10-8-13)17(20)14-5-3-2-4-6-14/h2-11H,1H3/b16-11+. The summed E-state index contributed by atoms with van der Waals surface area (Å²) in [5.41, 5.74) is 1.53. The van der Waals surface area contributed by atoms with Gasteiger partial charge in [-0.05, 0) is 30.7 Å². The first-order valence-electron chi connectivity index (χ1n) is 6.16. The van der Waals surface area contributed by atoms with Crippen molar-refractivity contribution >= 4 is 33.6 Å². The first kappa shape index (κ1) is 14.4. The van der Waals surface area contributed by atoms with E-state index in [1.165, 1.54) is 6.92 Å². The number of carbonyl (C=O) groups excluding carboxylic acids is 2. The Morgan fingerprint density at radius 3 is 2.10 bits per heavy atom. The average molecular weight is 329 g/mol. The zero-order valence-corrected chi connectivity index (χ0v) is 12.6. The molecule has 20 heavy (non-hydrogen) atoms. The number of carbonyl (C=O) groups is 2. The van der Waals surface area contributed by atoms with Crippen LogP contribution in [0.15, 0.2) is 64.6 Å². The molecule has 100 valence electrons. The smallest absolute Gasteiger partial charge is 0.196 e. The fourth-order valence-electron chi connectivity index (χ4n) is 1.80. The van der Waals surface area contributed by atoms with Crippen molar-refractivity contribution in [2.24, 2.45) is 0 Å². The van der Waals surface area contributed by atoms with Crippen LogP contribution in [-0.4, -0.2) is 11.6 Å². The van der Waals surface area contributed by atoms with Gasteiger partial charge in [-0.1, -0.05) is 58.4 Å². The molecule has 0 atom stereocenters. The summed E-state index contributed by atoms with van der Waals surface area (Å²) in [5.74, 6) is -0.484. The Balaban J connectivity index is 2.39. The monoisotopic (exact) mass is 328 g/mol. The lowest BCUT2D eigenvalue weighted by Crippen LogP contribution is -2.10. The number of ketones is 2. The van der Waals surface area contributed by atoms with Crippen molar-refractivity contribution in [3.63, 3.8) is 0 Å². The highest BCUT2D eigenvalue weighted by Crippen LogP contribution is 2.16. The number of allylic oxidation sites excluding steroid dienone is 1. The highest BCUT2D eigenvalue weighted by molar-refractivity contribution is 9.10. The molecule has 2 nitrogen and oxygen atoms in total. The number of hydrogen-bond acceptors (Lipinski definition) is 2. The second-order valence-corrected chi connectivity index (χ2v) is 5.28. The van der Waals surface area contributed by atoms with Crippen molar-refractivity contribution in [1.82, 2.24) is 0 Å². The van der Waals surface area contributed by atoms with Crippen LogP contribution in [0.2, 0.25) is 0 Å². The molecule has 0 saturated carbocycles. The first-order chi connectivity index (χ1) is 9.58. The number of hydrogen-bond donors (Lipinski definition) is 0. The van der Waals surface area contributed by atoms with Crippen LogP contribution in [0.4, 0.5) is 0 Å². The Kier molecular flexibility index (Phi) is 4.64. The van der Waals surface area contributed by atoms with E-state index in [-0.39, 0.29) is 17.1 Å². The third-order valence-corrected chi connectivity index (χ3v) is 3.37. The van der Waals surface area contributed by atoms with Gasteiger partial charge < -0.3 is 0 Å². The average Bonchev–Trinajstić information content (AvgIpc) is 2.46. The van der Waals surface area contributed by atoms with Crippen molar-refractivity contribution in [1.29, 1.82) is 0 Å². The molecule has 0 unspecified atom stereocenters. The second kappa shape index (κ2) is 6.44. The normalized spacial score (nSPS) is 11.2. The Morgan fingerprint density at radius 2 is 1.55 bits per heavy atom. The molecule has 0 aliphatic heterocycles. The van der Waals surface area contributed by atoms with Crippen LogP contribution >= 0.6 is 15.9 Å². The SMILES string of the molecule is CC(=O)/C(=C\c1ccc(Br)cc1)C(=O)c1ccccc1. The van der Waals surface area contributed by atoms with Crippen LogP contribution < -0.4 is 0 Å². The van der Waals surface area contributed by atoms with Gasteiger partial charge in [0.2, 0.25) is 0 Å². The van der Waals surface area contributed by atoms with E-state index in [0.717, 1.165) is 10.0 Å². The summed E-state index contributed by atoms with van der Waals surface area (Å²) in [4.78, 5) is 24.1. The Hall–Kier alpha value is -2.00. The molecule has 0 N–H and O–H groups in total. The van der Waals surface area contributed by atoms with Gasteiger partial charge in [0.1, 0.15) is 0 Å². The third kappa shape index (κ3) is 3.52. The minimum absolute atomic E-state index is 0.193. The summed E-state index contributed by atoms with van der Waals surface area (Å²) in [6.07, 6.45) is 1.63. The first-order valence-corrected chi connectivity index (χ1v) is 6.95. The Bertz CT molecular complexity index is 655. The van der Waals surface area contributed by atoms with E-state index in [9.17, 15) is 9.59 Å². The summed E-state index contributed by atoms with van der Waals surface area (Å²) in [6, 6.07) is 16.3. The summed E-state index contributed by atoms with van der Waals surface area (Å²) >= 11 is 3.35. The molecule has 3 heteroatoms. The zero-order chi connectivity index (χ0) is 14.5. The quantitative estimate of drug-likeness (QED) is 0.363. The summed E-state index contributed by atoms with van der Waals surface area (Å²) in [5, 5.41) is 0. The molecule has 0 bridgehead atoms. The van der Waals surface area contributed by atoms with E-state index in [1.807, 2.05) is 30.3 Å². The molecule has 0 spiro atoms. The maximum atomic E-state index is 12.4. The van der Waals surface area contributed by atoms with Gasteiger partial charge in [-0.2, -0.15) is 0 Å². The van der Waals surface area contributed by atoms with Gasteiger partial charge in [0.15, 0.2) is 11.6 Å². The lowest BCUT2D eigenvalue weighted by molar-refractivity contribution is -0.113. The largest absolute Gasteiger partial charge is 0.294 e. The number of Topliss-reactive ketones (excluding diaryl/α,β-unsaturated/α-hetero) is 2. The number of benzene rings is 2. The molecule has 0 saturated heterocycles. The Labute approximate surface area is 126 Å². The maximum absolute atomic E-state index is 12.4. The fourth-order valence-corrected chi connectivity index (χ4v) is 2.06. The summed E-state index contributed by atoms with van der Waals surface area (Å²) in [6.45, 7) is 1.41. The Morgan fingerprint density at radius 1 is 0.950 bits per heavy atom.